The number of benzene rings is 2. The number of carbonyl (C=O) groups is 2. The third kappa shape index (κ3) is 4.41. The van der Waals surface area contributed by atoms with Crippen LogP contribution < -0.4 is 24.8 Å². The maximum absolute atomic E-state index is 11.9. The molecule has 2 unspecified atom stereocenters. The van der Waals surface area contributed by atoms with Gasteiger partial charge in [0.1, 0.15) is 0 Å². The number of rotatable bonds is 3. The van der Waals surface area contributed by atoms with Gasteiger partial charge >= 0.3 is 11.9 Å². The Morgan fingerprint density at radius 2 is 1.72 bits per heavy atom. The molecule has 2 aromatic rings. The summed E-state index contributed by atoms with van der Waals surface area (Å²) < 4.78 is 17.4. The van der Waals surface area contributed by atoms with E-state index in [-0.39, 0.29) is 23.0 Å². The van der Waals surface area contributed by atoms with Crippen molar-refractivity contribution in [3.05, 3.63) is 53.6 Å². The van der Waals surface area contributed by atoms with E-state index in [1.54, 1.807) is 6.07 Å². The summed E-state index contributed by atoms with van der Waals surface area (Å²) in [4.78, 5) is 23.6. The number of thiocarbonyl (C=S) groups is 1. The minimum Gasteiger partial charge on any atom is -0.464 e. The molecule has 0 bridgehead atoms. The Morgan fingerprint density at radius 3 is 2.34 bits per heavy atom. The van der Waals surface area contributed by atoms with Crippen molar-refractivity contribution in [2.75, 3.05) is 0 Å². The summed E-state index contributed by atoms with van der Waals surface area (Å²) >= 11 is 5.49. The van der Waals surface area contributed by atoms with Crippen molar-refractivity contribution in [3.63, 3.8) is 0 Å². The molecule has 2 aromatic carbocycles. The highest BCUT2D eigenvalue weighted by atomic mass is 32.1. The molecule has 2 N–H and O–H groups in total. The van der Waals surface area contributed by atoms with Crippen LogP contribution in [-0.4, -0.2) is 28.3 Å². The van der Waals surface area contributed by atoms with Gasteiger partial charge in [-0.3, -0.25) is 9.59 Å². The highest BCUT2D eigenvalue weighted by molar-refractivity contribution is 7.80. The molecule has 2 aliphatic rings. The Labute approximate surface area is 192 Å². The van der Waals surface area contributed by atoms with Crippen molar-refractivity contribution in [1.29, 1.82) is 0 Å². The zero-order valence-electron chi connectivity index (χ0n) is 18.5. The smallest absolute Gasteiger partial charge is 0.308 e. The molecular weight excluding hydrogens is 428 g/mol. The number of hydrogen-bond acceptors (Lipinski definition) is 6. The zero-order valence-corrected chi connectivity index (χ0v) is 19.3. The van der Waals surface area contributed by atoms with Crippen molar-refractivity contribution < 1.29 is 23.8 Å². The quantitative estimate of drug-likeness (QED) is 0.412. The second kappa shape index (κ2) is 8.09. The normalized spacial score (nSPS) is 23.2. The van der Waals surface area contributed by atoms with Crippen LogP contribution in [0.3, 0.4) is 0 Å². The Morgan fingerprint density at radius 1 is 1.03 bits per heavy atom. The Kier molecular flexibility index (Phi) is 5.58. The standard InChI is InChI=1S/C24H26N2O5S/c1-14(27)29-19-11-10-17-18(16-8-6-5-7-9-16)12-24(13-23(3,4)25-22(32)26-24)31-20(17)21(19)30-15(2)28/h5-11,18H,12-13H2,1-4H3,(H2,25,26,32). The first-order valence-corrected chi connectivity index (χ1v) is 10.9. The molecule has 0 radical (unpaired) electrons. The molecule has 4 rings (SSSR count). The van der Waals surface area contributed by atoms with Crippen molar-refractivity contribution in [3.8, 4) is 17.2 Å². The van der Waals surface area contributed by atoms with Gasteiger partial charge in [0.25, 0.3) is 0 Å². The fourth-order valence-electron chi connectivity index (χ4n) is 4.61. The van der Waals surface area contributed by atoms with Gasteiger partial charge in [-0.15, -0.1) is 0 Å². The average molecular weight is 455 g/mol. The Bertz CT molecular complexity index is 1090. The molecule has 0 amide bonds. The van der Waals surface area contributed by atoms with Gasteiger partial charge in [-0.2, -0.15) is 0 Å². The van der Waals surface area contributed by atoms with E-state index in [1.807, 2.05) is 24.3 Å². The van der Waals surface area contributed by atoms with E-state index in [9.17, 15) is 9.59 Å². The number of hydrogen-bond donors (Lipinski definition) is 2. The largest absolute Gasteiger partial charge is 0.464 e. The van der Waals surface area contributed by atoms with E-state index in [0.717, 1.165) is 11.1 Å². The van der Waals surface area contributed by atoms with Gasteiger partial charge in [-0.05, 0) is 37.7 Å². The predicted octanol–water partition coefficient (Wildman–Crippen LogP) is 3.79. The summed E-state index contributed by atoms with van der Waals surface area (Å²) in [5.41, 5.74) is 0.770. The van der Waals surface area contributed by atoms with Gasteiger partial charge in [0, 0.05) is 43.7 Å². The maximum atomic E-state index is 11.9. The topological polar surface area (TPSA) is 85.9 Å². The van der Waals surface area contributed by atoms with Gasteiger partial charge in [0.2, 0.25) is 5.75 Å². The molecule has 1 spiro atoms. The van der Waals surface area contributed by atoms with Crippen LogP contribution in [0.2, 0.25) is 0 Å². The number of fused-ring (bicyclic) bond motifs is 1. The molecule has 8 heteroatoms. The van der Waals surface area contributed by atoms with Gasteiger partial charge in [0.15, 0.2) is 22.3 Å². The zero-order chi connectivity index (χ0) is 23.1. The fourth-order valence-corrected chi connectivity index (χ4v) is 5.07. The second-order valence-electron chi connectivity index (χ2n) is 8.90. The monoisotopic (exact) mass is 454 g/mol. The van der Waals surface area contributed by atoms with Crippen LogP contribution in [-0.2, 0) is 9.59 Å². The summed E-state index contributed by atoms with van der Waals surface area (Å²) in [6, 6.07) is 13.6. The first kappa shape index (κ1) is 22.1. The molecule has 0 aliphatic carbocycles. The molecule has 7 nitrogen and oxygen atoms in total. The molecule has 0 saturated carbocycles. The summed E-state index contributed by atoms with van der Waals surface area (Å²) in [5.74, 6) is -0.538. The van der Waals surface area contributed by atoms with Crippen LogP contribution in [0.15, 0.2) is 42.5 Å². The second-order valence-corrected chi connectivity index (χ2v) is 9.31. The van der Waals surface area contributed by atoms with Gasteiger partial charge in [0.05, 0.1) is 0 Å². The van der Waals surface area contributed by atoms with Crippen LogP contribution in [0, 0.1) is 0 Å². The molecule has 2 aliphatic heterocycles. The Hall–Kier alpha value is -3.13. The number of nitrogens with one attached hydrogen (secondary N) is 2. The minimum absolute atomic E-state index is 0.0650. The SMILES string of the molecule is CC(=O)Oc1ccc2c(c1OC(C)=O)OC1(CC2c2ccccc2)CC(C)(C)NC(=S)N1. The van der Waals surface area contributed by atoms with Gasteiger partial charge < -0.3 is 24.8 Å². The van der Waals surface area contributed by atoms with E-state index in [0.29, 0.717) is 23.7 Å². The average Bonchev–Trinajstić information content (AvgIpc) is 2.67. The number of carbonyl (C=O) groups excluding carboxylic acids is 2. The van der Waals surface area contributed by atoms with Crippen LogP contribution in [0.1, 0.15) is 57.6 Å². The van der Waals surface area contributed by atoms with Crippen molar-refractivity contribution in [2.24, 2.45) is 0 Å². The molecular formula is C24H26N2O5S. The molecule has 1 saturated heterocycles. The minimum atomic E-state index is -0.844. The molecule has 2 heterocycles. The summed E-state index contributed by atoms with van der Waals surface area (Å²) in [6.45, 7) is 6.70. The van der Waals surface area contributed by atoms with Crippen LogP contribution >= 0.6 is 12.2 Å². The van der Waals surface area contributed by atoms with E-state index >= 15 is 0 Å². The fraction of sp³-hybridized carbons (Fsp3) is 0.375. The molecule has 2 atom stereocenters. The van der Waals surface area contributed by atoms with Crippen LogP contribution in [0.4, 0.5) is 0 Å². The molecule has 168 valence electrons. The van der Waals surface area contributed by atoms with E-state index in [2.05, 4.69) is 36.6 Å². The predicted molar refractivity (Wildman–Crippen MR) is 123 cm³/mol. The first-order valence-electron chi connectivity index (χ1n) is 10.5. The van der Waals surface area contributed by atoms with Crippen molar-refractivity contribution >= 4 is 29.3 Å². The summed E-state index contributed by atoms with van der Waals surface area (Å²) in [6.07, 6.45) is 1.21. The lowest BCUT2D eigenvalue weighted by Crippen LogP contribution is -2.69. The van der Waals surface area contributed by atoms with Crippen molar-refractivity contribution in [2.45, 2.75) is 57.7 Å². The molecule has 32 heavy (non-hydrogen) atoms. The highest BCUT2D eigenvalue weighted by Gasteiger charge is 2.50. The molecule has 1 fully saturated rings. The third-order valence-corrected chi connectivity index (χ3v) is 5.74. The lowest BCUT2D eigenvalue weighted by atomic mass is 9.77. The highest BCUT2D eigenvalue weighted by Crippen LogP contribution is 2.53. The van der Waals surface area contributed by atoms with Gasteiger partial charge in [-0.25, -0.2) is 0 Å². The number of ether oxygens (including phenoxy) is 3. The molecule has 0 aromatic heterocycles. The maximum Gasteiger partial charge on any atom is 0.308 e. The van der Waals surface area contributed by atoms with Crippen LogP contribution in [0.5, 0.6) is 17.2 Å². The Balaban J connectivity index is 1.91. The van der Waals surface area contributed by atoms with Gasteiger partial charge in [-0.1, -0.05) is 36.4 Å². The third-order valence-electron chi connectivity index (χ3n) is 5.54. The first-order chi connectivity index (χ1) is 15.1. The van der Waals surface area contributed by atoms with E-state index < -0.39 is 17.7 Å². The number of esters is 2. The summed E-state index contributed by atoms with van der Waals surface area (Å²) in [5, 5.41) is 7.08. The van der Waals surface area contributed by atoms with Crippen LogP contribution in [0.25, 0.3) is 0 Å². The summed E-state index contributed by atoms with van der Waals surface area (Å²) in [7, 11) is 0. The van der Waals surface area contributed by atoms with E-state index in [1.165, 1.54) is 13.8 Å². The lowest BCUT2D eigenvalue weighted by Gasteiger charge is -2.50. The lowest BCUT2D eigenvalue weighted by molar-refractivity contribution is -0.135. The van der Waals surface area contributed by atoms with Crippen molar-refractivity contribution in [1.82, 2.24) is 10.6 Å². The van der Waals surface area contributed by atoms with E-state index in [4.69, 9.17) is 26.4 Å².